The Morgan fingerprint density at radius 3 is 2.96 bits per heavy atom. The molecule has 0 unspecified atom stereocenters. The largest absolute Gasteiger partial charge is 0.368 e. The number of nitrogens with zero attached hydrogens (tertiary/aromatic N) is 3. The van der Waals surface area contributed by atoms with Crippen LogP contribution in [0.5, 0.6) is 0 Å². The Bertz CT molecular complexity index is 760. The number of likely N-dealkylation sites (N-methyl/N-ethyl adjacent to an activating group) is 1. The molecule has 2 aromatic rings. The van der Waals surface area contributed by atoms with Gasteiger partial charge in [-0.2, -0.15) is 4.98 Å². The van der Waals surface area contributed by atoms with Crippen LogP contribution in [-0.2, 0) is 12.8 Å². The first-order chi connectivity index (χ1) is 11.0. The molecule has 1 saturated heterocycles. The lowest BCUT2D eigenvalue weighted by Gasteiger charge is -2.21. The summed E-state index contributed by atoms with van der Waals surface area (Å²) in [5.41, 5.74) is 7.16. The Morgan fingerprint density at radius 1 is 1.39 bits per heavy atom. The van der Waals surface area contributed by atoms with E-state index in [4.69, 9.17) is 5.73 Å². The summed E-state index contributed by atoms with van der Waals surface area (Å²) in [6.07, 6.45) is 1.11. The third-order valence-corrected chi connectivity index (χ3v) is 6.04. The molecule has 3 heterocycles. The van der Waals surface area contributed by atoms with Crippen LogP contribution in [0.4, 0.5) is 20.5 Å². The predicted molar refractivity (Wildman–Crippen MR) is 88.5 cm³/mol. The zero-order chi connectivity index (χ0) is 16.2. The third kappa shape index (κ3) is 2.53. The standard InChI is InChI=1S/C15H19F2N5S/c1-19-8-3-5-22(7-8)13-12-11(20-14(18)21-13)9-6-15(16,17)4-2-10(9)23-12/h8,19H,2-7H2,1H3,(H2,18,20,21)/t8-/m0/s1. The minimum Gasteiger partial charge on any atom is -0.368 e. The molecule has 8 heteroatoms. The van der Waals surface area contributed by atoms with Crippen molar-refractivity contribution in [3.63, 3.8) is 0 Å². The molecule has 1 fully saturated rings. The number of anilines is 2. The van der Waals surface area contributed by atoms with Crippen LogP contribution in [0, 0.1) is 0 Å². The van der Waals surface area contributed by atoms with Crippen molar-refractivity contribution < 1.29 is 8.78 Å². The molecule has 124 valence electrons. The van der Waals surface area contributed by atoms with E-state index in [1.807, 2.05) is 7.05 Å². The maximum absolute atomic E-state index is 13.8. The molecule has 1 aliphatic heterocycles. The monoisotopic (exact) mass is 339 g/mol. The first kappa shape index (κ1) is 15.0. The van der Waals surface area contributed by atoms with Crippen molar-refractivity contribution in [2.24, 2.45) is 0 Å². The highest BCUT2D eigenvalue weighted by atomic mass is 32.1. The molecule has 0 aromatic carbocycles. The van der Waals surface area contributed by atoms with Crippen molar-refractivity contribution in [2.75, 3.05) is 30.8 Å². The molecule has 0 radical (unpaired) electrons. The Labute approximate surface area is 136 Å². The molecule has 5 nitrogen and oxygen atoms in total. The third-order valence-electron chi connectivity index (χ3n) is 4.76. The van der Waals surface area contributed by atoms with Crippen molar-refractivity contribution in [1.82, 2.24) is 15.3 Å². The van der Waals surface area contributed by atoms with Gasteiger partial charge in [0.2, 0.25) is 5.95 Å². The number of fused-ring (bicyclic) bond motifs is 3. The van der Waals surface area contributed by atoms with E-state index in [0.29, 0.717) is 23.5 Å². The molecule has 1 aliphatic carbocycles. The number of aryl methyl sites for hydroxylation is 1. The number of hydrogen-bond acceptors (Lipinski definition) is 6. The van der Waals surface area contributed by atoms with Crippen molar-refractivity contribution >= 4 is 33.3 Å². The van der Waals surface area contributed by atoms with E-state index in [2.05, 4.69) is 20.2 Å². The van der Waals surface area contributed by atoms with E-state index in [0.717, 1.165) is 34.9 Å². The Hall–Kier alpha value is -1.54. The van der Waals surface area contributed by atoms with Gasteiger partial charge in [0.25, 0.3) is 5.92 Å². The summed E-state index contributed by atoms with van der Waals surface area (Å²) < 4.78 is 28.5. The van der Waals surface area contributed by atoms with Crippen LogP contribution in [0.2, 0.25) is 0 Å². The number of nitrogen functional groups attached to an aromatic ring is 1. The lowest BCUT2D eigenvalue weighted by atomic mass is 9.95. The van der Waals surface area contributed by atoms with Crippen molar-refractivity contribution in [3.8, 4) is 0 Å². The van der Waals surface area contributed by atoms with Crippen LogP contribution in [0.3, 0.4) is 0 Å². The van der Waals surface area contributed by atoms with Crippen LogP contribution in [0.25, 0.3) is 10.2 Å². The highest BCUT2D eigenvalue weighted by Crippen LogP contribution is 2.43. The number of thiophene rings is 1. The number of aromatic nitrogens is 2. The molecule has 0 amide bonds. The second kappa shape index (κ2) is 5.24. The molecule has 2 aromatic heterocycles. The van der Waals surface area contributed by atoms with Gasteiger partial charge in [0, 0.05) is 36.9 Å². The average Bonchev–Trinajstić information content (AvgIpc) is 3.10. The molecule has 3 N–H and O–H groups in total. The van der Waals surface area contributed by atoms with Crippen LogP contribution >= 0.6 is 11.3 Å². The smallest absolute Gasteiger partial charge is 0.252 e. The fourth-order valence-corrected chi connectivity index (χ4v) is 4.78. The van der Waals surface area contributed by atoms with Gasteiger partial charge in [0.1, 0.15) is 0 Å². The number of nitrogens with two attached hydrogens (primary N) is 1. The molecule has 4 rings (SSSR count). The molecular formula is C15H19F2N5S. The zero-order valence-electron chi connectivity index (χ0n) is 12.9. The summed E-state index contributed by atoms with van der Waals surface area (Å²) in [6, 6.07) is 0.417. The normalized spacial score (nSPS) is 23.4. The maximum atomic E-state index is 13.8. The Balaban J connectivity index is 1.82. The highest BCUT2D eigenvalue weighted by molar-refractivity contribution is 7.19. The fraction of sp³-hybridized carbons (Fsp3) is 0.600. The van der Waals surface area contributed by atoms with Crippen LogP contribution in [0.15, 0.2) is 0 Å². The molecular weight excluding hydrogens is 320 g/mol. The summed E-state index contributed by atoms with van der Waals surface area (Å²) in [6.45, 7) is 1.73. The fourth-order valence-electron chi connectivity index (χ4n) is 3.50. The van der Waals surface area contributed by atoms with Gasteiger partial charge < -0.3 is 16.0 Å². The van der Waals surface area contributed by atoms with Gasteiger partial charge in [-0.3, -0.25) is 0 Å². The quantitative estimate of drug-likeness (QED) is 0.878. The minimum absolute atomic E-state index is 0.0867. The van der Waals surface area contributed by atoms with Gasteiger partial charge in [-0.1, -0.05) is 0 Å². The first-order valence-electron chi connectivity index (χ1n) is 7.84. The van der Waals surface area contributed by atoms with E-state index >= 15 is 0 Å². The van der Waals surface area contributed by atoms with Crippen LogP contribution in [-0.4, -0.2) is 42.1 Å². The van der Waals surface area contributed by atoms with Crippen LogP contribution < -0.4 is 16.0 Å². The molecule has 0 bridgehead atoms. The van der Waals surface area contributed by atoms with Crippen molar-refractivity contribution in [2.45, 2.75) is 37.6 Å². The van der Waals surface area contributed by atoms with Gasteiger partial charge in [-0.05, 0) is 25.5 Å². The molecule has 23 heavy (non-hydrogen) atoms. The van der Waals surface area contributed by atoms with E-state index in [1.54, 1.807) is 11.3 Å². The van der Waals surface area contributed by atoms with Gasteiger partial charge in [-0.15, -0.1) is 11.3 Å². The average molecular weight is 339 g/mol. The molecule has 2 aliphatic rings. The summed E-state index contributed by atoms with van der Waals surface area (Å²) in [4.78, 5) is 11.9. The van der Waals surface area contributed by atoms with E-state index in [-0.39, 0.29) is 18.8 Å². The van der Waals surface area contributed by atoms with Gasteiger partial charge in [-0.25, -0.2) is 13.8 Å². The number of rotatable bonds is 2. The number of halogens is 2. The Morgan fingerprint density at radius 2 is 2.22 bits per heavy atom. The summed E-state index contributed by atoms with van der Waals surface area (Å²) in [5, 5.41) is 3.27. The molecule has 0 saturated carbocycles. The van der Waals surface area contributed by atoms with Crippen molar-refractivity contribution in [3.05, 3.63) is 10.4 Å². The number of hydrogen-bond donors (Lipinski definition) is 2. The zero-order valence-corrected chi connectivity index (χ0v) is 13.7. The van der Waals surface area contributed by atoms with Crippen LogP contribution in [0.1, 0.15) is 23.3 Å². The lowest BCUT2D eigenvalue weighted by Crippen LogP contribution is -2.30. The van der Waals surface area contributed by atoms with E-state index in [9.17, 15) is 8.78 Å². The SMILES string of the molecule is CN[C@H]1CCN(c2nc(N)nc3c4c(sc23)CCC(F)(F)C4)C1. The summed E-state index contributed by atoms with van der Waals surface area (Å²) in [5.74, 6) is -1.69. The van der Waals surface area contributed by atoms with Gasteiger partial charge in [0.05, 0.1) is 10.2 Å². The van der Waals surface area contributed by atoms with E-state index in [1.165, 1.54) is 0 Å². The topological polar surface area (TPSA) is 67.1 Å². The Kier molecular flexibility index (Phi) is 3.42. The second-order valence-corrected chi connectivity index (χ2v) is 7.45. The lowest BCUT2D eigenvalue weighted by molar-refractivity contribution is -0.0113. The number of nitrogens with one attached hydrogen (secondary N) is 1. The number of alkyl halides is 2. The predicted octanol–water partition coefficient (Wildman–Crippen LogP) is 2.20. The summed E-state index contributed by atoms with van der Waals surface area (Å²) in [7, 11) is 1.95. The van der Waals surface area contributed by atoms with Gasteiger partial charge >= 0.3 is 0 Å². The second-order valence-electron chi connectivity index (χ2n) is 6.34. The van der Waals surface area contributed by atoms with Crippen molar-refractivity contribution in [1.29, 1.82) is 0 Å². The highest BCUT2D eigenvalue weighted by Gasteiger charge is 2.37. The van der Waals surface area contributed by atoms with Gasteiger partial charge in [0.15, 0.2) is 5.82 Å². The minimum atomic E-state index is -2.65. The summed E-state index contributed by atoms with van der Waals surface area (Å²) >= 11 is 1.56. The molecule has 0 spiro atoms. The first-order valence-corrected chi connectivity index (χ1v) is 8.66. The molecule has 1 atom stereocenters. The van der Waals surface area contributed by atoms with E-state index < -0.39 is 5.92 Å². The maximum Gasteiger partial charge on any atom is 0.252 e.